The molecule has 3 aliphatic rings. The molecule has 11 heteroatoms. The van der Waals surface area contributed by atoms with Crippen molar-refractivity contribution in [1.29, 1.82) is 0 Å². The van der Waals surface area contributed by atoms with Gasteiger partial charge >= 0.3 is 11.9 Å². The Morgan fingerprint density at radius 2 is 1.94 bits per heavy atom. The van der Waals surface area contributed by atoms with Gasteiger partial charge < -0.3 is 24.3 Å². The van der Waals surface area contributed by atoms with Crippen LogP contribution in [0.25, 0.3) is 0 Å². The Hall–Kier alpha value is -3.89. The number of fused-ring (bicyclic) bond motifs is 1. The summed E-state index contributed by atoms with van der Waals surface area (Å²) >= 11 is 0. The van der Waals surface area contributed by atoms with E-state index >= 15 is 0 Å². The van der Waals surface area contributed by atoms with Crippen LogP contribution in [0.2, 0.25) is 0 Å². The largest absolute Gasteiger partial charge is 0.468 e. The molecular formula is C23H24N2O9. The number of ether oxygens (including phenoxy) is 4. The minimum atomic E-state index is -1.16. The van der Waals surface area contributed by atoms with Gasteiger partial charge in [-0.25, -0.2) is 4.79 Å². The summed E-state index contributed by atoms with van der Waals surface area (Å²) in [6, 6.07) is 2.62. The molecule has 3 atom stereocenters. The Balaban J connectivity index is 1.98. The third kappa shape index (κ3) is 3.66. The summed E-state index contributed by atoms with van der Waals surface area (Å²) in [5.41, 5.74) is 0.778. The molecule has 1 aliphatic carbocycles. The molecule has 0 radical (unpaired) electrons. The van der Waals surface area contributed by atoms with Crippen molar-refractivity contribution in [2.24, 2.45) is 11.8 Å². The summed E-state index contributed by atoms with van der Waals surface area (Å²) < 4.78 is 20.8. The molecule has 1 aromatic carbocycles. The summed E-state index contributed by atoms with van der Waals surface area (Å²) in [7, 11) is 1.19. The number of Topliss-reactive ketones (excluding diaryl/α,β-unsaturated/α-hetero) is 1. The molecule has 34 heavy (non-hydrogen) atoms. The smallest absolute Gasteiger partial charge is 0.336 e. The van der Waals surface area contributed by atoms with E-state index in [0.29, 0.717) is 17.8 Å². The van der Waals surface area contributed by atoms with E-state index in [2.05, 4.69) is 5.32 Å². The van der Waals surface area contributed by atoms with Crippen molar-refractivity contribution in [3.8, 4) is 11.5 Å². The highest BCUT2D eigenvalue weighted by atomic mass is 16.7. The number of benzene rings is 1. The first kappa shape index (κ1) is 23.3. The Kier molecular flexibility index (Phi) is 6.03. The lowest BCUT2D eigenvalue weighted by Gasteiger charge is -2.38. The fourth-order valence-electron chi connectivity index (χ4n) is 4.81. The quantitative estimate of drug-likeness (QED) is 0.294. The van der Waals surface area contributed by atoms with Crippen molar-refractivity contribution < 1.29 is 38.3 Å². The number of nitro benzene ring substituents is 1. The van der Waals surface area contributed by atoms with E-state index in [4.69, 9.17) is 18.9 Å². The predicted octanol–water partition coefficient (Wildman–Crippen LogP) is 2.50. The van der Waals surface area contributed by atoms with Crippen molar-refractivity contribution in [3.63, 3.8) is 0 Å². The van der Waals surface area contributed by atoms with Crippen LogP contribution in [0.15, 0.2) is 34.7 Å². The molecular weight excluding hydrogens is 448 g/mol. The first-order chi connectivity index (χ1) is 16.2. The molecule has 1 aromatic rings. The topological polar surface area (TPSA) is 143 Å². The first-order valence-electron chi connectivity index (χ1n) is 10.8. The van der Waals surface area contributed by atoms with Crippen LogP contribution >= 0.6 is 0 Å². The summed E-state index contributed by atoms with van der Waals surface area (Å²) in [4.78, 5) is 50.7. The van der Waals surface area contributed by atoms with Crippen molar-refractivity contribution in [3.05, 3.63) is 50.4 Å². The third-order valence-corrected chi connectivity index (χ3v) is 6.27. The summed E-state index contributed by atoms with van der Waals surface area (Å²) in [6.07, 6.45) is 0.309. The number of carbonyl (C=O) groups excluding carboxylic acids is 3. The number of ketones is 1. The van der Waals surface area contributed by atoms with Gasteiger partial charge in [0.25, 0.3) is 5.69 Å². The molecule has 180 valence electrons. The molecule has 4 rings (SSSR count). The molecule has 0 amide bonds. The number of esters is 2. The zero-order chi connectivity index (χ0) is 24.7. The zero-order valence-electron chi connectivity index (χ0n) is 19.1. The highest BCUT2D eigenvalue weighted by molar-refractivity contribution is 6.12. The standard InChI is InChI=1S/C23H24N2O9/c1-5-32-23(28)18-11(3)24-13-6-10(2)17(22(27)31-4)21(26)20(13)19(18)12-7-15-16(34-9-33-15)8-14(12)25(29)30/h7-8,10,17,19,24H,5-6,9H2,1-4H3/t10-,17+,19+/m1/s1. The maximum absolute atomic E-state index is 13.7. The summed E-state index contributed by atoms with van der Waals surface area (Å²) in [5, 5.41) is 15.2. The Morgan fingerprint density at radius 1 is 1.26 bits per heavy atom. The number of rotatable bonds is 5. The normalized spacial score (nSPS) is 23.3. The monoisotopic (exact) mass is 472 g/mol. The van der Waals surface area contributed by atoms with Crippen molar-refractivity contribution in [2.75, 3.05) is 20.5 Å². The number of allylic oxidation sites excluding steroid dienone is 3. The molecule has 0 unspecified atom stereocenters. The average Bonchev–Trinajstić information content (AvgIpc) is 3.24. The van der Waals surface area contributed by atoms with Gasteiger partial charge in [0.2, 0.25) is 6.79 Å². The molecule has 0 bridgehead atoms. The summed E-state index contributed by atoms with van der Waals surface area (Å²) in [6.45, 7) is 4.98. The predicted molar refractivity (Wildman–Crippen MR) is 116 cm³/mol. The second-order valence-corrected chi connectivity index (χ2v) is 8.28. The van der Waals surface area contributed by atoms with Gasteiger partial charge in [-0.15, -0.1) is 0 Å². The first-order valence-corrected chi connectivity index (χ1v) is 10.8. The Morgan fingerprint density at radius 3 is 2.56 bits per heavy atom. The molecule has 11 nitrogen and oxygen atoms in total. The van der Waals surface area contributed by atoms with E-state index in [1.54, 1.807) is 20.8 Å². The Bertz CT molecular complexity index is 1170. The minimum Gasteiger partial charge on any atom is -0.468 e. The molecule has 0 fully saturated rings. The van der Waals surface area contributed by atoms with Gasteiger partial charge in [0.15, 0.2) is 17.3 Å². The van der Waals surface area contributed by atoms with E-state index in [-0.39, 0.29) is 53.2 Å². The number of methoxy groups -OCH3 is 1. The van der Waals surface area contributed by atoms with Gasteiger partial charge in [0, 0.05) is 22.5 Å². The fourth-order valence-corrected chi connectivity index (χ4v) is 4.81. The number of hydrogen-bond acceptors (Lipinski definition) is 10. The van der Waals surface area contributed by atoms with Gasteiger partial charge in [-0.2, -0.15) is 0 Å². The molecule has 2 aliphatic heterocycles. The van der Waals surface area contributed by atoms with Crippen LogP contribution in [0.1, 0.15) is 38.7 Å². The highest BCUT2D eigenvalue weighted by Crippen LogP contribution is 2.50. The molecule has 0 saturated carbocycles. The van der Waals surface area contributed by atoms with E-state index < -0.39 is 34.5 Å². The van der Waals surface area contributed by atoms with E-state index in [1.165, 1.54) is 19.2 Å². The average molecular weight is 472 g/mol. The summed E-state index contributed by atoms with van der Waals surface area (Å²) in [5.74, 6) is -4.18. The van der Waals surface area contributed by atoms with Gasteiger partial charge in [0.1, 0.15) is 5.92 Å². The van der Waals surface area contributed by atoms with Crippen LogP contribution in [0, 0.1) is 22.0 Å². The van der Waals surface area contributed by atoms with Crippen LogP contribution in [-0.4, -0.2) is 43.2 Å². The van der Waals surface area contributed by atoms with Crippen LogP contribution in [-0.2, 0) is 23.9 Å². The lowest BCUT2D eigenvalue weighted by molar-refractivity contribution is -0.385. The van der Waals surface area contributed by atoms with Crippen molar-refractivity contribution in [1.82, 2.24) is 5.32 Å². The molecule has 0 aromatic heterocycles. The third-order valence-electron chi connectivity index (χ3n) is 6.27. The molecule has 0 spiro atoms. The van der Waals surface area contributed by atoms with Gasteiger partial charge in [0.05, 0.1) is 36.2 Å². The van der Waals surface area contributed by atoms with Gasteiger partial charge in [-0.05, 0) is 32.3 Å². The second-order valence-electron chi connectivity index (χ2n) is 8.28. The lowest BCUT2D eigenvalue weighted by Crippen LogP contribution is -2.43. The maximum atomic E-state index is 13.7. The number of dihydropyridines is 1. The van der Waals surface area contributed by atoms with Crippen LogP contribution < -0.4 is 14.8 Å². The zero-order valence-corrected chi connectivity index (χ0v) is 19.1. The van der Waals surface area contributed by atoms with E-state index in [1.807, 2.05) is 0 Å². The fraction of sp³-hybridized carbons (Fsp3) is 0.435. The molecule has 2 heterocycles. The SMILES string of the molecule is CCOC(=O)C1=C(C)NC2=C(C(=O)[C@@H](C(=O)OC)[C@H](C)C2)[C@H]1c1cc2c(cc1[N+](=O)[O-])OCO2. The molecule has 1 N–H and O–H groups in total. The van der Waals surface area contributed by atoms with Gasteiger partial charge in [-0.1, -0.05) is 6.92 Å². The molecule has 0 saturated heterocycles. The highest BCUT2D eigenvalue weighted by Gasteiger charge is 2.49. The van der Waals surface area contributed by atoms with Crippen LogP contribution in [0.3, 0.4) is 0 Å². The number of nitro groups is 1. The number of hydrogen-bond donors (Lipinski definition) is 1. The van der Waals surface area contributed by atoms with E-state index in [0.717, 1.165) is 0 Å². The van der Waals surface area contributed by atoms with E-state index in [9.17, 15) is 24.5 Å². The van der Waals surface area contributed by atoms with Crippen molar-refractivity contribution in [2.45, 2.75) is 33.1 Å². The number of nitrogens with zero attached hydrogens (tertiary/aromatic N) is 1. The lowest BCUT2D eigenvalue weighted by atomic mass is 9.69. The Labute approximate surface area is 194 Å². The number of carbonyl (C=O) groups is 3. The minimum absolute atomic E-state index is 0.0501. The van der Waals surface area contributed by atoms with Crippen molar-refractivity contribution >= 4 is 23.4 Å². The van der Waals surface area contributed by atoms with Crippen LogP contribution in [0.4, 0.5) is 5.69 Å². The van der Waals surface area contributed by atoms with Crippen LogP contribution in [0.5, 0.6) is 11.5 Å². The second kappa shape index (κ2) is 8.81. The number of nitrogens with one attached hydrogen (secondary N) is 1. The van der Waals surface area contributed by atoms with Gasteiger partial charge in [-0.3, -0.25) is 19.7 Å². The maximum Gasteiger partial charge on any atom is 0.336 e.